The molecular formula is C18H13BrFN3O4S. The van der Waals surface area contributed by atoms with Gasteiger partial charge in [0.2, 0.25) is 15.7 Å². The van der Waals surface area contributed by atoms with Crippen molar-refractivity contribution in [2.45, 2.75) is 16.5 Å². The molecule has 0 fully saturated rings. The van der Waals surface area contributed by atoms with Crippen molar-refractivity contribution in [2.24, 2.45) is 0 Å². The van der Waals surface area contributed by atoms with Gasteiger partial charge in [-0.15, -0.1) is 0 Å². The van der Waals surface area contributed by atoms with E-state index in [2.05, 4.69) is 26.3 Å². The summed E-state index contributed by atoms with van der Waals surface area (Å²) in [6, 6.07) is 13.1. The summed E-state index contributed by atoms with van der Waals surface area (Å²) in [4.78, 5) is 24.1. The van der Waals surface area contributed by atoms with E-state index < -0.39 is 33.7 Å². The number of amides is 1. The Labute approximate surface area is 167 Å². The molecule has 0 aliphatic carbocycles. The van der Waals surface area contributed by atoms with Crippen LogP contribution in [0.15, 0.2) is 79.9 Å². The number of nitrogens with one attached hydrogen (secondary N) is 1. The van der Waals surface area contributed by atoms with Crippen LogP contribution in [-0.2, 0) is 21.2 Å². The van der Waals surface area contributed by atoms with Gasteiger partial charge in [-0.3, -0.25) is 9.59 Å². The molecule has 1 N–H and O–H groups in total. The van der Waals surface area contributed by atoms with E-state index in [-0.39, 0.29) is 9.92 Å². The molecule has 0 aliphatic heterocycles. The molecule has 0 bridgehead atoms. The predicted molar refractivity (Wildman–Crippen MR) is 103 cm³/mol. The molecule has 144 valence electrons. The van der Waals surface area contributed by atoms with Crippen LogP contribution in [0.25, 0.3) is 0 Å². The lowest BCUT2D eigenvalue weighted by Crippen LogP contribution is -2.30. The van der Waals surface area contributed by atoms with Gasteiger partial charge in [-0.05, 0) is 54.6 Å². The van der Waals surface area contributed by atoms with Gasteiger partial charge in [-0.25, -0.2) is 17.5 Å². The fraction of sp³-hybridized carbons (Fsp3) is 0.0556. The van der Waals surface area contributed by atoms with Crippen LogP contribution in [0.4, 0.5) is 10.1 Å². The monoisotopic (exact) mass is 465 g/mol. The fourth-order valence-electron chi connectivity index (χ4n) is 2.29. The summed E-state index contributed by atoms with van der Waals surface area (Å²) in [7, 11) is -3.96. The maximum atomic E-state index is 12.9. The maximum absolute atomic E-state index is 12.9. The maximum Gasteiger partial charge on any atom is 0.267 e. The Morgan fingerprint density at radius 1 is 1.04 bits per heavy atom. The SMILES string of the molecule is O=C(Cn1nc(S(=O)(=O)c2ccc(Br)cc2)ccc1=O)Nc1ccc(F)cc1. The first-order chi connectivity index (χ1) is 13.3. The third kappa shape index (κ3) is 4.52. The number of aromatic nitrogens is 2. The number of hydrogen-bond donors (Lipinski definition) is 1. The normalized spacial score (nSPS) is 11.2. The zero-order valence-corrected chi connectivity index (χ0v) is 16.6. The van der Waals surface area contributed by atoms with Gasteiger partial charge >= 0.3 is 0 Å². The number of rotatable bonds is 5. The minimum Gasteiger partial charge on any atom is -0.324 e. The molecule has 7 nitrogen and oxygen atoms in total. The molecule has 0 radical (unpaired) electrons. The van der Waals surface area contributed by atoms with E-state index in [9.17, 15) is 22.4 Å². The van der Waals surface area contributed by atoms with Gasteiger partial charge in [-0.2, -0.15) is 5.10 Å². The Morgan fingerprint density at radius 3 is 2.32 bits per heavy atom. The van der Waals surface area contributed by atoms with Crippen LogP contribution in [0, 0.1) is 5.82 Å². The van der Waals surface area contributed by atoms with Crippen molar-refractivity contribution in [2.75, 3.05) is 5.32 Å². The molecule has 3 aromatic rings. The first-order valence-corrected chi connectivity index (χ1v) is 10.2. The van der Waals surface area contributed by atoms with Gasteiger partial charge in [-0.1, -0.05) is 15.9 Å². The van der Waals surface area contributed by atoms with Crippen LogP contribution in [0.3, 0.4) is 0 Å². The summed E-state index contributed by atoms with van der Waals surface area (Å²) in [6.07, 6.45) is 0. The van der Waals surface area contributed by atoms with Crippen molar-refractivity contribution in [1.29, 1.82) is 0 Å². The number of carbonyl (C=O) groups excluding carboxylic acids is 1. The van der Waals surface area contributed by atoms with Crippen molar-refractivity contribution < 1.29 is 17.6 Å². The molecule has 10 heteroatoms. The van der Waals surface area contributed by atoms with Crippen molar-refractivity contribution >= 4 is 37.4 Å². The summed E-state index contributed by atoms with van der Waals surface area (Å²) >= 11 is 3.23. The van der Waals surface area contributed by atoms with E-state index in [0.29, 0.717) is 10.2 Å². The van der Waals surface area contributed by atoms with E-state index in [4.69, 9.17) is 0 Å². The first-order valence-electron chi connectivity index (χ1n) is 7.90. The first kappa shape index (κ1) is 19.9. The van der Waals surface area contributed by atoms with Crippen LogP contribution in [0.5, 0.6) is 0 Å². The van der Waals surface area contributed by atoms with Crippen LogP contribution in [0.1, 0.15) is 0 Å². The summed E-state index contributed by atoms with van der Waals surface area (Å²) < 4.78 is 39.8. The summed E-state index contributed by atoms with van der Waals surface area (Å²) in [5, 5.41) is 5.95. The highest BCUT2D eigenvalue weighted by Gasteiger charge is 2.21. The van der Waals surface area contributed by atoms with E-state index in [1.807, 2.05) is 0 Å². The highest BCUT2D eigenvalue weighted by molar-refractivity contribution is 9.10. The second kappa shape index (κ2) is 8.03. The largest absolute Gasteiger partial charge is 0.324 e. The Balaban J connectivity index is 1.85. The highest BCUT2D eigenvalue weighted by Crippen LogP contribution is 2.20. The van der Waals surface area contributed by atoms with Crippen LogP contribution in [-0.4, -0.2) is 24.1 Å². The van der Waals surface area contributed by atoms with Gasteiger partial charge in [0.15, 0.2) is 5.03 Å². The number of sulfone groups is 1. The molecule has 2 aromatic carbocycles. The Kier molecular flexibility index (Phi) is 5.71. The zero-order chi connectivity index (χ0) is 20.3. The van der Waals surface area contributed by atoms with Gasteiger partial charge in [0.05, 0.1) is 4.90 Å². The van der Waals surface area contributed by atoms with Crippen LogP contribution < -0.4 is 10.9 Å². The second-order valence-corrected chi connectivity index (χ2v) is 8.49. The van der Waals surface area contributed by atoms with Crippen molar-refractivity contribution in [3.8, 4) is 0 Å². The molecule has 0 spiro atoms. The van der Waals surface area contributed by atoms with E-state index in [1.54, 1.807) is 12.1 Å². The Hall–Kier alpha value is -2.85. The average Bonchev–Trinajstić information content (AvgIpc) is 2.65. The third-order valence-electron chi connectivity index (χ3n) is 3.66. The molecule has 1 aromatic heterocycles. The quantitative estimate of drug-likeness (QED) is 0.624. The van der Waals surface area contributed by atoms with Crippen LogP contribution in [0.2, 0.25) is 0 Å². The molecule has 1 amide bonds. The topological polar surface area (TPSA) is 98.1 Å². The number of halogens is 2. The number of carbonyl (C=O) groups is 1. The molecule has 0 unspecified atom stereocenters. The smallest absolute Gasteiger partial charge is 0.267 e. The van der Waals surface area contributed by atoms with Crippen molar-refractivity contribution in [1.82, 2.24) is 9.78 Å². The number of nitrogens with zero attached hydrogens (tertiary/aromatic N) is 2. The number of benzene rings is 2. The lowest BCUT2D eigenvalue weighted by molar-refractivity contribution is -0.117. The number of anilines is 1. The Bertz CT molecular complexity index is 1180. The van der Waals surface area contributed by atoms with Crippen molar-refractivity contribution in [3.05, 3.63) is 81.3 Å². The summed E-state index contributed by atoms with van der Waals surface area (Å²) in [5.41, 5.74) is -0.304. The average molecular weight is 466 g/mol. The summed E-state index contributed by atoms with van der Waals surface area (Å²) in [6.45, 7) is -0.500. The molecule has 3 rings (SSSR count). The van der Waals surface area contributed by atoms with Gasteiger partial charge in [0.25, 0.3) is 5.56 Å². The number of hydrogen-bond acceptors (Lipinski definition) is 5. The van der Waals surface area contributed by atoms with E-state index in [0.717, 1.165) is 16.8 Å². The molecular weight excluding hydrogens is 453 g/mol. The second-order valence-electron chi connectivity index (χ2n) is 5.68. The lowest BCUT2D eigenvalue weighted by atomic mass is 10.3. The van der Waals surface area contributed by atoms with Gasteiger partial charge in [0, 0.05) is 16.2 Å². The lowest BCUT2D eigenvalue weighted by Gasteiger charge is -2.09. The van der Waals surface area contributed by atoms with E-state index in [1.165, 1.54) is 36.4 Å². The van der Waals surface area contributed by atoms with Crippen molar-refractivity contribution in [3.63, 3.8) is 0 Å². The Morgan fingerprint density at radius 2 is 1.68 bits per heavy atom. The minimum absolute atomic E-state index is 0.00385. The molecule has 0 aliphatic rings. The summed E-state index contributed by atoms with van der Waals surface area (Å²) in [5.74, 6) is -1.07. The highest BCUT2D eigenvalue weighted by atomic mass is 79.9. The van der Waals surface area contributed by atoms with Gasteiger partial charge in [0.1, 0.15) is 12.4 Å². The van der Waals surface area contributed by atoms with Crippen LogP contribution >= 0.6 is 15.9 Å². The third-order valence-corrected chi connectivity index (χ3v) is 5.85. The molecule has 28 heavy (non-hydrogen) atoms. The minimum atomic E-state index is -3.96. The molecule has 1 heterocycles. The molecule has 0 atom stereocenters. The standard InChI is InChI=1S/C18H13BrFN3O4S/c19-12-1-7-15(8-2-12)28(26,27)17-9-10-18(25)23(22-17)11-16(24)21-14-5-3-13(20)4-6-14/h1-10H,11H2,(H,21,24). The molecule has 0 saturated heterocycles. The zero-order valence-electron chi connectivity index (χ0n) is 14.2. The van der Waals surface area contributed by atoms with Gasteiger partial charge < -0.3 is 5.32 Å². The van der Waals surface area contributed by atoms with E-state index >= 15 is 0 Å². The molecule has 0 saturated carbocycles. The fourth-order valence-corrected chi connectivity index (χ4v) is 3.74. The predicted octanol–water partition coefficient (Wildman–Crippen LogP) is 2.62.